The molecule has 0 aliphatic carbocycles. The van der Waals surface area contributed by atoms with E-state index in [2.05, 4.69) is 288 Å². The van der Waals surface area contributed by atoms with Gasteiger partial charge in [-0.25, -0.2) is 0 Å². The van der Waals surface area contributed by atoms with Gasteiger partial charge in [-0.05, 0) is 297 Å². The van der Waals surface area contributed by atoms with E-state index in [1.54, 1.807) is 0 Å². The molecule has 0 radical (unpaired) electrons. The van der Waals surface area contributed by atoms with Crippen LogP contribution in [-0.2, 0) is 25.7 Å². The second kappa shape index (κ2) is 33.4. The number of hydrogen-bond acceptors (Lipinski definition) is 0. The van der Waals surface area contributed by atoms with Gasteiger partial charge in [0.25, 0.3) is 0 Å². The van der Waals surface area contributed by atoms with Crippen molar-refractivity contribution in [1.82, 2.24) is 0 Å². The monoisotopic (exact) mass is 1150 g/mol. The van der Waals surface area contributed by atoms with Crippen LogP contribution >= 0.6 is 0 Å². The molecule has 450 valence electrons. The Balaban J connectivity index is 1.18. The molecule has 0 aliphatic rings. The van der Waals surface area contributed by atoms with Crippen LogP contribution in [0.2, 0.25) is 0 Å². The molecule has 0 saturated carbocycles. The lowest BCUT2D eigenvalue weighted by molar-refractivity contribution is 0.497. The summed E-state index contributed by atoms with van der Waals surface area (Å²) in [4.78, 5) is 0. The van der Waals surface area contributed by atoms with Crippen LogP contribution in [0, 0.1) is 71.0 Å². The minimum atomic E-state index is 0.683. The Kier molecular flexibility index (Phi) is 25.0. The van der Waals surface area contributed by atoms with E-state index >= 15 is 0 Å². The molecule has 0 heteroatoms. The van der Waals surface area contributed by atoms with Crippen molar-refractivity contribution in [3.8, 4) is 47.4 Å². The summed E-state index contributed by atoms with van der Waals surface area (Å²) < 4.78 is 0. The van der Waals surface area contributed by atoms with Crippen LogP contribution in [-0.4, -0.2) is 0 Å². The predicted octanol–water partition coefficient (Wildman–Crippen LogP) is 23.4. The highest BCUT2D eigenvalue weighted by Gasteiger charge is 2.18. The number of rotatable bonds is 24. The summed E-state index contributed by atoms with van der Waals surface area (Å²) >= 11 is 0. The lowest BCUT2D eigenvalue weighted by atomic mass is 9.86. The van der Waals surface area contributed by atoms with E-state index in [0.717, 1.165) is 128 Å². The topological polar surface area (TPSA) is 0 Å². The molecule has 0 unspecified atom stereocenters. The standard InChI is InChI=1S/C88H98/c1-63(2)17-13-21-67(9)25-29-71-33-41-75(42-34-71)49-53-79-61-80(54-50-76-43-35-72(36-44-76)30-26-68(10)22-14-18-64(3)4)84-59-60-86-82(56-52-78-47-39-74(40-48-78)32-28-70(12)24-16-20-66(7)8)62-81(85-58-57-83(79)87(84)88(85)86)55-51-77-45-37-73(38-46-77)31-27-69(11)23-15-19-65(5)6/h17-20,33-48,57-62,67-70H,13-16,21-32H2,1-12H3/t67-,68-,69-,70-/m0/s1. The zero-order chi connectivity index (χ0) is 62.4. The van der Waals surface area contributed by atoms with Gasteiger partial charge in [-0.15, -0.1) is 0 Å². The molecule has 4 atom stereocenters. The van der Waals surface area contributed by atoms with Gasteiger partial charge in [0.2, 0.25) is 0 Å². The van der Waals surface area contributed by atoms with E-state index in [0.29, 0.717) is 23.7 Å². The second-order valence-electron chi connectivity index (χ2n) is 26.8. The van der Waals surface area contributed by atoms with Crippen LogP contribution in [0.25, 0.3) is 32.3 Å². The summed E-state index contributed by atoms with van der Waals surface area (Å²) in [7, 11) is 0. The summed E-state index contributed by atoms with van der Waals surface area (Å²) in [5.41, 5.74) is 18.9. The van der Waals surface area contributed by atoms with Crippen molar-refractivity contribution in [3.05, 3.63) is 247 Å². The van der Waals surface area contributed by atoms with Crippen LogP contribution in [0.4, 0.5) is 0 Å². The quantitative estimate of drug-likeness (QED) is 0.0321. The van der Waals surface area contributed by atoms with E-state index < -0.39 is 0 Å². The normalized spacial score (nSPS) is 12.3. The van der Waals surface area contributed by atoms with Crippen molar-refractivity contribution in [2.75, 3.05) is 0 Å². The average molecular weight is 1160 g/mol. The molecule has 0 nitrogen and oxygen atoms in total. The molecule has 0 amide bonds. The first-order chi connectivity index (χ1) is 42.5. The van der Waals surface area contributed by atoms with Crippen molar-refractivity contribution in [2.24, 2.45) is 23.7 Å². The molecule has 0 saturated heterocycles. The van der Waals surface area contributed by atoms with Gasteiger partial charge in [-0.1, -0.05) is 194 Å². The molecule has 0 aromatic heterocycles. The summed E-state index contributed by atoms with van der Waals surface area (Å²) in [6, 6.07) is 49.3. The Morgan fingerprint density at radius 1 is 0.273 bits per heavy atom. The van der Waals surface area contributed by atoms with E-state index in [-0.39, 0.29) is 0 Å². The van der Waals surface area contributed by atoms with Gasteiger partial charge in [0.05, 0.1) is 0 Å². The highest BCUT2D eigenvalue weighted by molar-refractivity contribution is 6.26. The van der Waals surface area contributed by atoms with Crippen molar-refractivity contribution in [2.45, 2.75) is 186 Å². The van der Waals surface area contributed by atoms with Crippen molar-refractivity contribution in [1.29, 1.82) is 0 Å². The molecular weight excluding hydrogens is 1060 g/mol. The fourth-order valence-corrected chi connectivity index (χ4v) is 11.8. The molecule has 0 heterocycles. The van der Waals surface area contributed by atoms with Crippen LogP contribution in [0.5, 0.6) is 0 Å². The third-order valence-electron chi connectivity index (χ3n) is 17.6. The number of aryl methyl sites for hydroxylation is 4. The van der Waals surface area contributed by atoms with Crippen molar-refractivity contribution < 1.29 is 0 Å². The highest BCUT2D eigenvalue weighted by atomic mass is 14.2. The Hall–Kier alpha value is -8.00. The van der Waals surface area contributed by atoms with Crippen LogP contribution in [0.15, 0.2) is 180 Å². The van der Waals surface area contributed by atoms with Crippen LogP contribution in [0.1, 0.15) is 227 Å². The lowest BCUT2D eigenvalue weighted by Gasteiger charge is -2.16. The molecule has 0 bridgehead atoms. The van der Waals surface area contributed by atoms with Crippen molar-refractivity contribution >= 4 is 32.3 Å². The van der Waals surface area contributed by atoms with E-state index in [1.807, 2.05) is 0 Å². The minimum Gasteiger partial charge on any atom is -0.0859 e. The van der Waals surface area contributed by atoms with Gasteiger partial charge in [0.15, 0.2) is 0 Å². The molecule has 0 spiro atoms. The molecule has 0 aliphatic heterocycles. The maximum absolute atomic E-state index is 3.70. The number of allylic oxidation sites excluding steroid dienone is 8. The van der Waals surface area contributed by atoms with Crippen molar-refractivity contribution in [3.63, 3.8) is 0 Å². The maximum atomic E-state index is 3.70. The first-order valence-electron chi connectivity index (χ1n) is 33.3. The second-order valence-corrected chi connectivity index (χ2v) is 26.8. The summed E-state index contributed by atoms with van der Waals surface area (Å²) in [5, 5.41) is 6.74. The molecule has 8 aromatic rings. The van der Waals surface area contributed by atoms with E-state index in [1.165, 1.54) is 95.9 Å². The minimum absolute atomic E-state index is 0.683. The Labute approximate surface area is 532 Å². The maximum Gasteiger partial charge on any atom is 0.0340 e. The Morgan fingerprint density at radius 2 is 0.477 bits per heavy atom. The zero-order valence-electron chi connectivity index (χ0n) is 55.6. The van der Waals surface area contributed by atoms with E-state index in [9.17, 15) is 0 Å². The molecular formula is C88H98. The van der Waals surface area contributed by atoms with Crippen LogP contribution in [0.3, 0.4) is 0 Å². The van der Waals surface area contributed by atoms with Gasteiger partial charge in [-0.2, -0.15) is 0 Å². The van der Waals surface area contributed by atoms with Crippen LogP contribution < -0.4 is 0 Å². The number of hydrogen-bond donors (Lipinski definition) is 0. The first kappa shape index (κ1) is 66.0. The fourth-order valence-electron chi connectivity index (χ4n) is 11.8. The smallest absolute Gasteiger partial charge is 0.0340 e. The van der Waals surface area contributed by atoms with Gasteiger partial charge in [0, 0.05) is 44.5 Å². The summed E-state index contributed by atoms with van der Waals surface area (Å²) in [6.45, 7) is 27.1. The third-order valence-corrected chi connectivity index (χ3v) is 17.6. The van der Waals surface area contributed by atoms with Gasteiger partial charge >= 0.3 is 0 Å². The molecule has 0 fully saturated rings. The Bertz CT molecular complexity index is 3450. The van der Waals surface area contributed by atoms with E-state index in [4.69, 9.17) is 0 Å². The molecule has 8 aromatic carbocycles. The van der Waals surface area contributed by atoms with Gasteiger partial charge in [-0.3, -0.25) is 0 Å². The summed E-state index contributed by atoms with van der Waals surface area (Å²) in [6.07, 6.45) is 28.0. The molecule has 88 heavy (non-hydrogen) atoms. The SMILES string of the molecule is CC(C)=CCC[C@H](C)CCc1ccc(C#Cc2cc(C#Cc3ccc(CC[C@@H](C)CCC=C(C)C)cc3)c3ccc4c(C#Cc5ccc(CC[C@@H](C)CCC=C(C)C)cc5)cc(C#Cc5ccc(CC[C@@H](C)CCC=C(C)C)cc5)c5ccc2c3c54)cc1. The highest BCUT2D eigenvalue weighted by Crippen LogP contribution is 2.40. The number of benzene rings is 8. The summed E-state index contributed by atoms with van der Waals surface area (Å²) in [5.74, 6) is 32.0. The first-order valence-corrected chi connectivity index (χ1v) is 33.3. The van der Waals surface area contributed by atoms with Gasteiger partial charge in [0.1, 0.15) is 0 Å². The zero-order valence-corrected chi connectivity index (χ0v) is 55.6. The average Bonchev–Trinajstić information content (AvgIpc) is 1.25. The van der Waals surface area contributed by atoms with Gasteiger partial charge < -0.3 is 0 Å². The Morgan fingerprint density at radius 3 is 0.670 bits per heavy atom. The third kappa shape index (κ3) is 20.6. The lowest BCUT2D eigenvalue weighted by Crippen LogP contribution is -1.97. The predicted molar refractivity (Wildman–Crippen MR) is 384 cm³/mol. The molecule has 8 rings (SSSR count). The largest absolute Gasteiger partial charge is 0.0859 e. The fraction of sp³-hybridized carbons (Fsp3) is 0.364. The molecule has 0 N–H and O–H groups in total.